The van der Waals surface area contributed by atoms with Crippen LogP contribution in [-0.2, 0) is 16.2 Å². The maximum Gasteiger partial charge on any atom is 0.308 e. The molecule has 1 atom stereocenters. The normalized spacial score (nSPS) is 17.0. The van der Waals surface area contributed by atoms with Gasteiger partial charge in [-0.05, 0) is 36.4 Å². The number of aliphatic carboxylic acids is 1. The predicted octanol–water partition coefficient (Wildman–Crippen LogP) is 4.01. The summed E-state index contributed by atoms with van der Waals surface area (Å²) in [5.41, 5.74) is 1.35. The van der Waals surface area contributed by atoms with Crippen LogP contribution in [0.2, 0.25) is 10.0 Å². The minimum absolute atomic E-state index is 0.0264. The summed E-state index contributed by atoms with van der Waals surface area (Å²) in [5, 5.41) is 10.1. The van der Waals surface area contributed by atoms with E-state index in [9.17, 15) is 9.59 Å². The Balaban J connectivity index is 1.67. The van der Waals surface area contributed by atoms with Gasteiger partial charge < -0.3 is 14.7 Å². The van der Waals surface area contributed by atoms with Gasteiger partial charge in [0.25, 0.3) is 0 Å². The lowest BCUT2D eigenvalue weighted by atomic mass is 10.1. The van der Waals surface area contributed by atoms with Crippen molar-refractivity contribution < 1.29 is 19.4 Å². The summed E-state index contributed by atoms with van der Waals surface area (Å²) in [7, 11) is 0. The second kappa shape index (κ2) is 7.33. The summed E-state index contributed by atoms with van der Waals surface area (Å²) >= 11 is 12.2. The van der Waals surface area contributed by atoms with Crippen LogP contribution < -0.4 is 9.64 Å². The first-order valence-electron chi connectivity index (χ1n) is 7.64. The van der Waals surface area contributed by atoms with E-state index >= 15 is 0 Å². The topological polar surface area (TPSA) is 66.8 Å². The van der Waals surface area contributed by atoms with Crippen molar-refractivity contribution in [1.82, 2.24) is 0 Å². The highest BCUT2D eigenvalue weighted by Gasteiger charge is 2.34. The quantitative estimate of drug-likeness (QED) is 0.851. The molecule has 1 aliphatic heterocycles. The first-order valence-corrected chi connectivity index (χ1v) is 8.40. The Bertz CT molecular complexity index is 787. The molecule has 2 aromatic rings. The largest absolute Gasteiger partial charge is 0.489 e. The number of hydrogen-bond donors (Lipinski definition) is 1. The molecule has 1 aliphatic rings. The fourth-order valence-corrected chi connectivity index (χ4v) is 3.18. The van der Waals surface area contributed by atoms with E-state index in [2.05, 4.69) is 0 Å². The number of hydrogen-bond acceptors (Lipinski definition) is 3. The lowest BCUT2D eigenvalue weighted by molar-refractivity contribution is -0.141. The van der Waals surface area contributed by atoms with Gasteiger partial charge in [0.1, 0.15) is 12.4 Å². The number of halogens is 2. The average Bonchev–Trinajstić information content (AvgIpc) is 2.97. The number of carboxylic acids is 1. The number of rotatable bonds is 5. The zero-order valence-corrected chi connectivity index (χ0v) is 14.6. The van der Waals surface area contributed by atoms with Gasteiger partial charge in [0, 0.05) is 34.3 Å². The van der Waals surface area contributed by atoms with Crippen LogP contribution in [0.3, 0.4) is 0 Å². The summed E-state index contributed by atoms with van der Waals surface area (Å²) in [5.74, 6) is -1.21. The van der Waals surface area contributed by atoms with Gasteiger partial charge in [-0.15, -0.1) is 0 Å². The lowest BCUT2D eigenvalue weighted by Crippen LogP contribution is -2.25. The van der Waals surface area contributed by atoms with Gasteiger partial charge >= 0.3 is 5.97 Å². The summed E-state index contributed by atoms with van der Waals surface area (Å²) in [6, 6.07) is 12.2. The van der Waals surface area contributed by atoms with E-state index in [1.165, 1.54) is 4.90 Å². The van der Waals surface area contributed by atoms with E-state index in [0.717, 1.165) is 0 Å². The Kier molecular flexibility index (Phi) is 5.16. The second-order valence-corrected chi connectivity index (χ2v) is 6.54. The van der Waals surface area contributed by atoms with Gasteiger partial charge in [-0.1, -0.05) is 29.3 Å². The lowest BCUT2D eigenvalue weighted by Gasteiger charge is -2.17. The fourth-order valence-electron chi connectivity index (χ4n) is 2.67. The molecule has 2 aromatic carbocycles. The van der Waals surface area contributed by atoms with E-state index in [4.69, 9.17) is 33.0 Å². The molecule has 0 saturated carbocycles. The smallest absolute Gasteiger partial charge is 0.308 e. The molecule has 0 bridgehead atoms. The van der Waals surface area contributed by atoms with Crippen LogP contribution in [-0.4, -0.2) is 23.5 Å². The maximum absolute atomic E-state index is 12.0. The Hall–Kier alpha value is -2.24. The Morgan fingerprint density at radius 3 is 2.36 bits per heavy atom. The second-order valence-electron chi connectivity index (χ2n) is 5.73. The molecule has 5 nitrogen and oxygen atoms in total. The van der Waals surface area contributed by atoms with Crippen molar-refractivity contribution in [3.63, 3.8) is 0 Å². The number of carbonyl (C=O) groups excluding carboxylic acids is 1. The molecule has 130 valence electrons. The number of ether oxygens (including phenoxy) is 1. The number of carboxylic acid groups (broad SMARTS) is 1. The molecule has 1 saturated heterocycles. The molecule has 25 heavy (non-hydrogen) atoms. The zero-order chi connectivity index (χ0) is 18.0. The third kappa shape index (κ3) is 3.89. The van der Waals surface area contributed by atoms with Crippen molar-refractivity contribution in [3.05, 3.63) is 58.1 Å². The van der Waals surface area contributed by atoms with Gasteiger partial charge in [0.2, 0.25) is 5.91 Å². The van der Waals surface area contributed by atoms with Gasteiger partial charge in [-0.2, -0.15) is 0 Å². The first-order chi connectivity index (χ1) is 12.0. The molecule has 0 radical (unpaired) electrons. The average molecular weight is 380 g/mol. The number of carbonyl (C=O) groups is 2. The summed E-state index contributed by atoms with van der Waals surface area (Å²) in [6.45, 7) is 0.408. The molecule has 0 aliphatic carbocycles. The molecule has 1 amide bonds. The van der Waals surface area contributed by atoms with E-state index in [-0.39, 0.29) is 25.5 Å². The van der Waals surface area contributed by atoms with Crippen LogP contribution in [0.4, 0.5) is 5.69 Å². The number of nitrogens with zero attached hydrogens (tertiary/aromatic N) is 1. The Labute approximate surface area is 154 Å². The highest BCUT2D eigenvalue weighted by atomic mass is 35.5. The minimum Gasteiger partial charge on any atom is -0.489 e. The zero-order valence-electron chi connectivity index (χ0n) is 13.1. The van der Waals surface area contributed by atoms with Gasteiger partial charge in [-0.25, -0.2) is 0 Å². The van der Waals surface area contributed by atoms with Gasteiger partial charge in [-0.3, -0.25) is 9.59 Å². The molecule has 0 aromatic heterocycles. The molecule has 1 fully saturated rings. The third-order valence-electron chi connectivity index (χ3n) is 4.07. The van der Waals surface area contributed by atoms with Crippen molar-refractivity contribution in [3.8, 4) is 5.75 Å². The standard InChI is InChI=1S/C18H15Cl2NO4/c19-15-2-1-3-16(20)14(15)10-25-13-6-4-12(5-7-13)21-9-11(18(23)24)8-17(21)22/h1-7,11H,8-10H2,(H,23,24). The number of amides is 1. The molecule has 1 unspecified atom stereocenters. The fraction of sp³-hybridized carbons (Fsp3) is 0.222. The van der Waals surface area contributed by atoms with Crippen molar-refractivity contribution in [2.75, 3.05) is 11.4 Å². The molecule has 1 N–H and O–H groups in total. The molecular weight excluding hydrogens is 365 g/mol. The van der Waals surface area contributed by atoms with E-state index in [0.29, 0.717) is 27.0 Å². The Morgan fingerprint density at radius 2 is 1.80 bits per heavy atom. The SMILES string of the molecule is O=C(O)C1CC(=O)N(c2ccc(OCc3c(Cl)cccc3Cl)cc2)C1. The highest BCUT2D eigenvalue weighted by molar-refractivity contribution is 6.35. The number of anilines is 1. The summed E-state index contributed by atoms with van der Waals surface area (Å²) < 4.78 is 5.69. The molecule has 1 heterocycles. The maximum atomic E-state index is 12.0. The van der Waals surface area contributed by atoms with Crippen molar-refractivity contribution in [1.29, 1.82) is 0 Å². The molecular formula is C18H15Cl2NO4. The van der Waals surface area contributed by atoms with Crippen LogP contribution in [0.5, 0.6) is 5.75 Å². The summed E-state index contributed by atoms with van der Waals surface area (Å²) in [6.07, 6.45) is 0.0264. The predicted molar refractivity (Wildman–Crippen MR) is 95.3 cm³/mol. The third-order valence-corrected chi connectivity index (χ3v) is 4.78. The van der Waals surface area contributed by atoms with Crippen LogP contribution >= 0.6 is 23.2 Å². The molecule has 3 rings (SSSR count). The molecule has 0 spiro atoms. The Morgan fingerprint density at radius 1 is 1.16 bits per heavy atom. The summed E-state index contributed by atoms with van der Waals surface area (Å²) in [4.78, 5) is 24.5. The molecule has 7 heteroatoms. The van der Waals surface area contributed by atoms with Crippen molar-refractivity contribution in [2.45, 2.75) is 13.0 Å². The van der Waals surface area contributed by atoms with Gasteiger partial charge in [0.05, 0.1) is 5.92 Å². The van der Waals surface area contributed by atoms with Crippen LogP contribution in [0.25, 0.3) is 0 Å². The van der Waals surface area contributed by atoms with Gasteiger partial charge in [0.15, 0.2) is 0 Å². The highest BCUT2D eigenvalue weighted by Crippen LogP contribution is 2.29. The van der Waals surface area contributed by atoms with Crippen LogP contribution in [0.15, 0.2) is 42.5 Å². The van der Waals surface area contributed by atoms with Crippen molar-refractivity contribution >= 4 is 40.8 Å². The van der Waals surface area contributed by atoms with E-state index < -0.39 is 11.9 Å². The van der Waals surface area contributed by atoms with Crippen LogP contribution in [0.1, 0.15) is 12.0 Å². The van der Waals surface area contributed by atoms with Crippen molar-refractivity contribution in [2.24, 2.45) is 5.92 Å². The van der Waals surface area contributed by atoms with Crippen LogP contribution in [0, 0.1) is 5.92 Å². The first kappa shape index (κ1) is 17.6. The number of benzene rings is 2. The van der Waals surface area contributed by atoms with E-state index in [1.807, 2.05) is 0 Å². The minimum atomic E-state index is -0.951. The monoisotopic (exact) mass is 379 g/mol. The van der Waals surface area contributed by atoms with E-state index in [1.54, 1.807) is 42.5 Å².